The van der Waals surface area contributed by atoms with E-state index in [1.165, 1.54) is 18.5 Å². The van der Waals surface area contributed by atoms with Gasteiger partial charge in [0.1, 0.15) is 5.69 Å². The lowest BCUT2D eigenvalue weighted by molar-refractivity contribution is -0.383. The molecular weight excluding hydrogens is 308 g/mol. The molecule has 1 unspecified atom stereocenters. The maximum Gasteiger partial charge on any atom is 0.293 e. The first-order chi connectivity index (χ1) is 10.6. The molecule has 118 valence electrons. The van der Waals surface area contributed by atoms with E-state index in [-0.39, 0.29) is 23.7 Å². The highest BCUT2D eigenvalue weighted by atomic mass is 32.2. The van der Waals surface area contributed by atoms with Crippen molar-refractivity contribution in [1.29, 1.82) is 0 Å². The number of hydrogen-bond donors (Lipinski definition) is 3. The first-order valence-corrected chi connectivity index (χ1v) is 7.98. The zero-order valence-corrected chi connectivity index (χ0v) is 12.7. The number of aromatic nitrogens is 2. The Bertz CT molecular complexity index is 728. The summed E-state index contributed by atoms with van der Waals surface area (Å²) in [5.41, 5.74) is 0.0672. The lowest BCUT2D eigenvalue weighted by Gasteiger charge is -2.18. The highest BCUT2D eigenvalue weighted by Crippen LogP contribution is 2.29. The van der Waals surface area contributed by atoms with Crippen molar-refractivity contribution < 1.29 is 10.0 Å². The smallest absolute Gasteiger partial charge is 0.293 e. The van der Waals surface area contributed by atoms with Gasteiger partial charge in [0.2, 0.25) is 0 Å². The normalized spacial score (nSPS) is 12.3. The Hall–Kier alpha value is -2.13. The third-order valence-corrected chi connectivity index (χ3v) is 3.90. The van der Waals surface area contributed by atoms with Gasteiger partial charge in [0.25, 0.3) is 11.2 Å². The lowest BCUT2D eigenvalue weighted by atomic mass is 10.1. The van der Waals surface area contributed by atoms with E-state index in [1.54, 1.807) is 11.8 Å². The van der Waals surface area contributed by atoms with Gasteiger partial charge in [0.05, 0.1) is 22.2 Å². The van der Waals surface area contributed by atoms with E-state index in [9.17, 15) is 14.9 Å². The number of thioether (sulfide) groups is 1. The molecule has 1 aromatic heterocycles. The molecule has 2 rings (SSSR count). The van der Waals surface area contributed by atoms with Crippen LogP contribution in [0.3, 0.4) is 0 Å². The highest BCUT2D eigenvalue weighted by Gasteiger charge is 2.19. The summed E-state index contributed by atoms with van der Waals surface area (Å²) in [6.45, 7) is -0.0163. The summed E-state index contributed by atoms with van der Waals surface area (Å²) >= 11 is 1.58. The van der Waals surface area contributed by atoms with Crippen LogP contribution in [0.25, 0.3) is 10.9 Å². The molecule has 0 amide bonds. The molecule has 1 aromatic carbocycles. The molecule has 8 nitrogen and oxygen atoms in total. The van der Waals surface area contributed by atoms with Gasteiger partial charge in [-0.15, -0.1) is 0 Å². The van der Waals surface area contributed by atoms with Crippen LogP contribution < -0.4 is 10.9 Å². The summed E-state index contributed by atoms with van der Waals surface area (Å²) in [5.74, 6) is 0.693. The van der Waals surface area contributed by atoms with E-state index in [0.29, 0.717) is 23.4 Å². The number of aromatic amines is 1. The number of anilines is 1. The predicted octanol–water partition coefficient (Wildman–Crippen LogP) is 1.36. The van der Waals surface area contributed by atoms with Crippen LogP contribution in [0.2, 0.25) is 0 Å². The molecule has 0 fully saturated rings. The van der Waals surface area contributed by atoms with Crippen LogP contribution in [0.1, 0.15) is 6.42 Å². The molecule has 0 aliphatic rings. The van der Waals surface area contributed by atoms with E-state index in [2.05, 4.69) is 15.3 Å². The summed E-state index contributed by atoms with van der Waals surface area (Å²) in [6.07, 6.45) is 3.65. The first kappa shape index (κ1) is 16.2. The average Bonchev–Trinajstić information content (AvgIpc) is 2.47. The number of nitro benzene ring substituents is 1. The van der Waals surface area contributed by atoms with Crippen molar-refractivity contribution in [3.63, 3.8) is 0 Å². The second-order valence-corrected chi connectivity index (χ2v) is 5.59. The fourth-order valence-electron chi connectivity index (χ4n) is 2.14. The Morgan fingerprint density at radius 1 is 1.55 bits per heavy atom. The topological polar surface area (TPSA) is 121 Å². The Morgan fingerprint density at radius 3 is 2.95 bits per heavy atom. The third kappa shape index (κ3) is 3.55. The molecule has 3 N–H and O–H groups in total. The third-order valence-electron chi connectivity index (χ3n) is 3.16. The summed E-state index contributed by atoms with van der Waals surface area (Å²) in [4.78, 5) is 28.9. The highest BCUT2D eigenvalue weighted by molar-refractivity contribution is 7.98. The van der Waals surface area contributed by atoms with Crippen LogP contribution in [0.4, 0.5) is 11.4 Å². The van der Waals surface area contributed by atoms with Crippen LogP contribution in [0, 0.1) is 10.1 Å². The van der Waals surface area contributed by atoms with E-state index in [1.807, 2.05) is 6.26 Å². The maximum atomic E-state index is 11.7. The quantitative estimate of drug-likeness (QED) is 0.519. The second kappa shape index (κ2) is 7.23. The number of fused-ring (bicyclic) bond motifs is 1. The number of hydrogen-bond acceptors (Lipinski definition) is 7. The standard InChI is InChI=1S/C13H16N4O4S/c1-22-6-8(2-3-18)16-11-5-10-9(4-12(11)17(20)21)13(19)15-7-14-10/h4-5,7-8,16,18H,2-3,6H2,1H3,(H,14,15,19). The van der Waals surface area contributed by atoms with Crippen molar-refractivity contribution >= 4 is 34.0 Å². The summed E-state index contributed by atoms with van der Waals surface area (Å²) in [5, 5.41) is 23.6. The van der Waals surface area contributed by atoms with Gasteiger partial charge >= 0.3 is 0 Å². The van der Waals surface area contributed by atoms with Crippen molar-refractivity contribution in [3.05, 3.63) is 38.9 Å². The van der Waals surface area contributed by atoms with Crippen LogP contribution in [0.15, 0.2) is 23.3 Å². The number of nitrogens with zero attached hydrogens (tertiary/aromatic N) is 2. The van der Waals surface area contributed by atoms with E-state index in [4.69, 9.17) is 5.11 Å². The number of nitro groups is 1. The molecule has 0 aliphatic heterocycles. The molecule has 0 radical (unpaired) electrons. The fourth-order valence-corrected chi connectivity index (χ4v) is 2.80. The molecule has 0 aliphatic carbocycles. The molecule has 9 heteroatoms. The van der Waals surface area contributed by atoms with Crippen LogP contribution in [-0.4, -0.2) is 44.7 Å². The van der Waals surface area contributed by atoms with Crippen molar-refractivity contribution in [2.45, 2.75) is 12.5 Å². The van der Waals surface area contributed by atoms with Crippen molar-refractivity contribution in [2.24, 2.45) is 0 Å². The van der Waals surface area contributed by atoms with E-state index >= 15 is 0 Å². The molecule has 0 saturated heterocycles. The molecule has 2 aromatic rings. The van der Waals surface area contributed by atoms with E-state index in [0.717, 1.165) is 0 Å². The summed E-state index contributed by atoms with van der Waals surface area (Å²) in [7, 11) is 0. The lowest BCUT2D eigenvalue weighted by Crippen LogP contribution is -2.24. The van der Waals surface area contributed by atoms with Gasteiger partial charge in [-0.05, 0) is 18.7 Å². The van der Waals surface area contributed by atoms with Crippen molar-refractivity contribution in [1.82, 2.24) is 9.97 Å². The maximum absolute atomic E-state index is 11.7. The summed E-state index contributed by atoms with van der Waals surface area (Å²) in [6, 6.07) is 2.60. The van der Waals surface area contributed by atoms with Gasteiger partial charge in [-0.25, -0.2) is 4.98 Å². The summed E-state index contributed by atoms with van der Waals surface area (Å²) < 4.78 is 0. The van der Waals surface area contributed by atoms with Crippen LogP contribution in [0.5, 0.6) is 0 Å². The molecule has 0 saturated carbocycles. The van der Waals surface area contributed by atoms with Gasteiger partial charge in [-0.3, -0.25) is 14.9 Å². The van der Waals surface area contributed by atoms with Gasteiger partial charge < -0.3 is 15.4 Å². The van der Waals surface area contributed by atoms with Gasteiger partial charge in [-0.2, -0.15) is 11.8 Å². The zero-order chi connectivity index (χ0) is 16.1. The monoisotopic (exact) mass is 324 g/mol. The zero-order valence-electron chi connectivity index (χ0n) is 11.9. The molecule has 1 heterocycles. The minimum Gasteiger partial charge on any atom is -0.396 e. The molecular formula is C13H16N4O4S. The Balaban J connectivity index is 2.48. The minimum atomic E-state index is -0.538. The Labute approximate surface area is 130 Å². The molecule has 0 bridgehead atoms. The molecule has 1 atom stereocenters. The fraction of sp³-hybridized carbons (Fsp3) is 0.385. The number of aliphatic hydroxyl groups is 1. The van der Waals surface area contributed by atoms with Crippen molar-refractivity contribution in [3.8, 4) is 0 Å². The number of benzene rings is 1. The first-order valence-electron chi connectivity index (χ1n) is 6.59. The van der Waals surface area contributed by atoms with Gasteiger partial charge in [-0.1, -0.05) is 0 Å². The van der Waals surface area contributed by atoms with Crippen molar-refractivity contribution in [2.75, 3.05) is 23.9 Å². The number of H-pyrrole nitrogens is 1. The second-order valence-electron chi connectivity index (χ2n) is 4.68. The van der Waals surface area contributed by atoms with Gasteiger partial charge in [0.15, 0.2) is 0 Å². The predicted molar refractivity (Wildman–Crippen MR) is 86.5 cm³/mol. The van der Waals surface area contributed by atoms with Crippen LogP contribution >= 0.6 is 11.8 Å². The van der Waals surface area contributed by atoms with Gasteiger partial charge in [0, 0.05) is 24.5 Å². The van der Waals surface area contributed by atoms with Crippen LogP contribution in [-0.2, 0) is 0 Å². The number of aliphatic hydroxyl groups excluding tert-OH is 1. The molecule has 22 heavy (non-hydrogen) atoms. The Morgan fingerprint density at radius 2 is 2.32 bits per heavy atom. The largest absolute Gasteiger partial charge is 0.396 e. The van der Waals surface area contributed by atoms with E-state index < -0.39 is 10.5 Å². The minimum absolute atomic E-state index is 0.0163. The SMILES string of the molecule is CSCC(CCO)Nc1cc2nc[nH]c(=O)c2cc1[N+](=O)[O-]. The number of nitrogens with one attached hydrogen (secondary N) is 2. The molecule has 0 spiro atoms. The number of rotatable bonds is 7. The Kier molecular flexibility index (Phi) is 5.34. The average molecular weight is 324 g/mol.